The molecule has 1 aromatic heterocycles. The minimum atomic E-state index is -0.459. The molecule has 132 valence electrons. The van der Waals surface area contributed by atoms with Crippen LogP contribution in [0.15, 0.2) is 24.3 Å². The number of hydrogen-bond donors (Lipinski definition) is 1. The number of carbonyl (C=O) groups is 2. The Balaban J connectivity index is 1.76. The standard InChI is InChI=1S/C17H19ClN4O3/c1-3-25-16(23)15-13-10-22(9-8-14(13)21(2)20-15)17(24)19-12-6-4-11(18)5-7-12/h4-7H,3,8-10H2,1-2H3,(H,19,24). The van der Waals surface area contributed by atoms with Gasteiger partial charge in [0.2, 0.25) is 0 Å². The second-order valence-electron chi connectivity index (χ2n) is 5.73. The maximum atomic E-state index is 12.5. The number of nitrogens with zero attached hydrogens (tertiary/aromatic N) is 3. The third-order valence-corrected chi connectivity index (χ3v) is 4.35. The van der Waals surface area contributed by atoms with Crippen molar-refractivity contribution in [1.29, 1.82) is 0 Å². The van der Waals surface area contributed by atoms with Crippen LogP contribution in [0.1, 0.15) is 28.7 Å². The summed E-state index contributed by atoms with van der Waals surface area (Å²) in [4.78, 5) is 26.3. The summed E-state index contributed by atoms with van der Waals surface area (Å²) in [6, 6.07) is 6.68. The molecule has 0 aliphatic carbocycles. The normalized spacial score (nSPS) is 13.3. The first kappa shape index (κ1) is 17.3. The first-order chi connectivity index (χ1) is 12.0. The molecule has 0 spiro atoms. The molecule has 1 aliphatic heterocycles. The first-order valence-corrected chi connectivity index (χ1v) is 8.40. The number of aryl methyl sites for hydroxylation is 1. The number of benzene rings is 1. The quantitative estimate of drug-likeness (QED) is 0.852. The molecule has 25 heavy (non-hydrogen) atoms. The third-order valence-electron chi connectivity index (χ3n) is 4.09. The lowest BCUT2D eigenvalue weighted by Gasteiger charge is -2.27. The fraction of sp³-hybridized carbons (Fsp3) is 0.353. The summed E-state index contributed by atoms with van der Waals surface area (Å²) in [5.74, 6) is -0.459. The highest BCUT2D eigenvalue weighted by atomic mass is 35.5. The van der Waals surface area contributed by atoms with Gasteiger partial charge < -0.3 is 15.0 Å². The Labute approximate surface area is 150 Å². The highest BCUT2D eigenvalue weighted by Crippen LogP contribution is 2.23. The Bertz CT molecular complexity index is 801. The Morgan fingerprint density at radius 1 is 1.32 bits per heavy atom. The van der Waals surface area contributed by atoms with Crippen LogP contribution in [0.25, 0.3) is 0 Å². The predicted octanol–water partition coefficient (Wildman–Crippen LogP) is 2.84. The van der Waals surface area contributed by atoms with E-state index in [0.29, 0.717) is 30.2 Å². The van der Waals surface area contributed by atoms with Gasteiger partial charge in [0.25, 0.3) is 0 Å². The van der Waals surface area contributed by atoms with E-state index in [-0.39, 0.29) is 18.3 Å². The second kappa shape index (κ2) is 7.14. The van der Waals surface area contributed by atoms with Crippen LogP contribution < -0.4 is 5.32 Å². The summed E-state index contributed by atoms with van der Waals surface area (Å²) in [5, 5.41) is 7.71. The van der Waals surface area contributed by atoms with E-state index in [1.54, 1.807) is 47.8 Å². The lowest BCUT2D eigenvalue weighted by Crippen LogP contribution is -2.39. The number of esters is 1. The molecule has 1 N–H and O–H groups in total. The molecule has 0 unspecified atom stereocenters. The third kappa shape index (κ3) is 3.61. The summed E-state index contributed by atoms with van der Waals surface area (Å²) in [5.41, 5.74) is 2.65. The van der Waals surface area contributed by atoms with E-state index in [4.69, 9.17) is 16.3 Å². The lowest BCUT2D eigenvalue weighted by atomic mass is 10.1. The van der Waals surface area contributed by atoms with Crippen molar-refractivity contribution in [3.63, 3.8) is 0 Å². The topological polar surface area (TPSA) is 76.5 Å². The number of nitrogens with one attached hydrogen (secondary N) is 1. The molecule has 0 radical (unpaired) electrons. The molecule has 1 aromatic carbocycles. The van der Waals surface area contributed by atoms with Crippen molar-refractivity contribution in [1.82, 2.24) is 14.7 Å². The molecule has 7 nitrogen and oxygen atoms in total. The van der Waals surface area contributed by atoms with Crippen molar-refractivity contribution in [3.8, 4) is 0 Å². The number of anilines is 1. The summed E-state index contributed by atoms with van der Waals surface area (Å²) < 4.78 is 6.75. The zero-order valence-corrected chi connectivity index (χ0v) is 14.8. The summed E-state index contributed by atoms with van der Waals surface area (Å²) in [6.07, 6.45) is 0.631. The van der Waals surface area contributed by atoms with Crippen molar-refractivity contribution in [2.24, 2.45) is 7.05 Å². The van der Waals surface area contributed by atoms with Crippen LogP contribution in [0.4, 0.5) is 10.5 Å². The van der Waals surface area contributed by atoms with Gasteiger partial charge in [-0.3, -0.25) is 4.68 Å². The molecule has 0 saturated carbocycles. The van der Waals surface area contributed by atoms with Gasteiger partial charge in [-0.1, -0.05) is 11.6 Å². The number of ether oxygens (including phenoxy) is 1. The molecule has 2 aromatic rings. The zero-order valence-electron chi connectivity index (χ0n) is 14.1. The second-order valence-corrected chi connectivity index (χ2v) is 6.16. The lowest BCUT2D eigenvalue weighted by molar-refractivity contribution is 0.0516. The SMILES string of the molecule is CCOC(=O)c1nn(C)c2c1CN(C(=O)Nc1ccc(Cl)cc1)CC2. The molecule has 3 rings (SSSR count). The number of carbonyl (C=O) groups excluding carboxylic acids is 2. The van der Waals surface area contributed by atoms with Crippen LogP contribution >= 0.6 is 11.6 Å². The Morgan fingerprint density at radius 2 is 2.04 bits per heavy atom. The maximum absolute atomic E-state index is 12.5. The van der Waals surface area contributed by atoms with E-state index in [9.17, 15) is 9.59 Å². The van der Waals surface area contributed by atoms with Gasteiger partial charge in [0.15, 0.2) is 5.69 Å². The number of rotatable bonds is 3. The largest absolute Gasteiger partial charge is 0.461 e. The van der Waals surface area contributed by atoms with Crippen LogP contribution in [0.5, 0.6) is 0 Å². The number of amides is 2. The van der Waals surface area contributed by atoms with Gasteiger partial charge in [0.1, 0.15) is 0 Å². The van der Waals surface area contributed by atoms with Gasteiger partial charge in [-0.15, -0.1) is 0 Å². The van der Waals surface area contributed by atoms with E-state index in [2.05, 4.69) is 10.4 Å². The molecule has 0 bridgehead atoms. The molecule has 0 atom stereocenters. The van der Waals surface area contributed by atoms with Gasteiger partial charge in [-0.2, -0.15) is 5.10 Å². The fourth-order valence-corrected chi connectivity index (χ4v) is 2.99. The van der Waals surface area contributed by atoms with Crippen molar-refractivity contribution < 1.29 is 14.3 Å². The highest BCUT2D eigenvalue weighted by Gasteiger charge is 2.29. The molecule has 1 aliphatic rings. The Kier molecular flexibility index (Phi) is 4.94. The maximum Gasteiger partial charge on any atom is 0.359 e. The van der Waals surface area contributed by atoms with Gasteiger partial charge in [0, 0.05) is 42.0 Å². The van der Waals surface area contributed by atoms with Crippen LogP contribution in [0, 0.1) is 0 Å². The molecular weight excluding hydrogens is 344 g/mol. The van der Waals surface area contributed by atoms with Crippen molar-refractivity contribution in [2.45, 2.75) is 19.9 Å². The number of hydrogen-bond acceptors (Lipinski definition) is 4. The summed E-state index contributed by atoms with van der Waals surface area (Å²) in [6.45, 7) is 2.90. The van der Waals surface area contributed by atoms with E-state index >= 15 is 0 Å². The zero-order chi connectivity index (χ0) is 18.0. The van der Waals surface area contributed by atoms with Gasteiger partial charge >= 0.3 is 12.0 Å². The minimum Gasteiger partial charge on any atom is -0.461 e. The highest BCUT2D eigenvalue weighted by molar-refractivity contribution is 6.30. The summed E-state index contributed by atoms with van der Waals surface area (Å²) >= 11 is 5.85. The number of halogens is 1. The van der Waals surface area contributed by atoms with Gasteiger partial charge in [-0.25, -0.2) is 9.59 Å². The first-order valence-electron chi connectivity index (χ1n) is 8.03. The van der Waals surface area contributed by atoms with Crippen molar-refractivity contribution >= 4 is 29.3 Å². The van der Waals surface area contributed by atoms with Crippen LogP contribution in [0.2, 0.25) is 5.02 Å². The minimum absolute atomic E-state index is 0.230. The predicted molar refractivity (Wildman–Crippen MR) is 93.7 cm³/mol. The number of urea groups is 1. The van der Waals surface area contributed by atoms with E-state index < -0.39 is 5.97 Å². The Morgan fingerprint density at radius 3 is 2.72 bits per heavy atom. The molecule has 0 fully saturated rings. The Hall–Kier alpha value is -2.54. The van der Waals surface area contributed by atoms with E-state index in [1.807, 2.05) is 0 Å². The molecule has 0 saturated heterocycles. The van der Waals surface area contributed by atoms with Crippen molar-refractivity contribution in [3.05, 3.63) is 46.2 Å². The summed E-state index contributed by atoms with van der Waals surface area (Å²) in [7, 11) is 1.80. The number of aromatic nitrogens is 2. The monoisotopic (exact) mass is 362 g/mol. The molecule has 8 heteroatoms. The smallest absolute Gasteiger partial charge is 0.359 e. The van der Waals surface area contributed by atoms with E-state index in [1.165, 1.54) is 0 Å². The van der Waals surface area contributed by atoms with Crippen LogP contribution in [-0.2, 0) is 24.8 Å². The average molecular weight is 363 g/mol. The van der Waals surface area contributed by atoms with Crippen LogP contribution in [-0.4, -0.2) is 39.8 Å². The van der Waals surface area contributed by atoms with Gasteiger partial charge in [-0.05, 0) is 31.2 Å². The number of fused-ring (bicyclic) bond motifs is 1. The van der Waals surface area contributed by atoms with Crippen molar-refractivity contribution in [2.75, 3.05) is 18.5 Å². The van der Waals surface area contributed by atoms with Crippen LogP contribution in [0.3, 0.4) is 0 Å². The fourth-order valence-electron chi connectivity index (χ4n) is 2.86. The van der Waals surface area contributed by atoms with Gasteiger partial charge in [0.05, 0.1) is 13.2 Å². The average Bonchev–Trinajstić information content (AvgIpc) is 2.93. The molecule has 2 amide bonds. The molecular formula is C17H19ClN4O3. The van der Waals surface area contributed by atoms with E-state index in [0.717, 1.165) is 11.3 Å². The molecule has 2 heterocycles.